The molecule has 298 valence electrons. The first-order valence-electron chi connectivity index (χ1n) is 20.7. The average molecular weight is 802 g/mol. The molecule has 0 bridgehead atoms. The first-order valence-corrected chi connectivity index (χ1v) is 22.3. The van der Waals surface area contributed by atoms with Gasteiger partial charge in [-0.05, 0) is 104 Å². The Bertz CT molecular complexity index is 2200. The summed E-state index contributed by atoms with van der Waals surface area (Å²) in [5, 5.41) is 18.9. The van der Waals surface area contributed by atoms with Crippen LogP contribution in [0, 0.1) is 11.3 Å². The molecule has 0 aliphatic carbocycles. The molecule has 0 amide bonds. The number of carbonyl (C=O) groups is 1. The van der Waals surface area contributed by atoms with Crippen LogP contribution in [0.1, 0.15) is 103 Å². The number of nitrogens with zero attached hydrogens (tertiary/aromatic N) is 3. The van der Waals surface area contributed by atoms with E-state index in [9.17, 15) is 15.2 Å². The molecule has 7 nitrogen and oxygen atoms in total. The van der Waals surface area contributed by atoms with Crippen LogP contribution in [-0.4, -0.2) is 28.9 Å². The number of aliphatic carboxylic acids is 1. The van der Waals surface area contributed by atoms with Crippen LogP contribution in [0.15, 0.2) is 90.5 Å². The Kier molecular flexibility index (Phi) is 15.3. The second-order valence-corrected chi connectivity index (χ2v) is 16.7. The van der Waals surface area contributed by atoms with Gasteiger partial charge in [0.05, 0.1) is 33.6 Å². The summed E-state index contributed by atoms with van der Waals surface area (Å²) < 4.78 is 16.9. The zero-order chi connectivity index (χ0) is 40.0. The van der Waals surface area contributed by atoms with Gasteiger partial charge in [0.15, 0.2) is 0 Å². The quantitative estimate of drug-likeness (QED) is 0.0394. The number of rotatable bonds is 23. The molecule has 0 aliphatic heterocycles. The van der Waals surface area contributed by atoms with Crippen molar-refractivity contribution in [2.45, 2.75) is 104 Å². The number of anilines is 3. The predicted octanol–water partition coefficient (Wildman–Crippen LogP) is 14.5. The van der Waals surface area contributed by atoms with Crippen molar-refractivity contribution in [2.75, 3.05) is 18.1 Å². The van der Waals surface area contributed by atoms with E-state index < -0.39 is 5.97 Å². The van der Waals surface area contributed by atoms with E-state index in [1.165, 1.54) is 72.5 Å². The molecule has 0 radical (unpaired) electrons. The maximum atomic E-state index is 11.6. The van der Waals surface area contributed by atoms with Crippen molar-refractivity contribution in [2.24, 2.45) is 0 Å². The number of thiophene rings is 2. The zero-order valence-electron chi connectivity index (χ0n) is 33.6. The summed E-state index contributed by atoms with van der Waals surface area (Å²) in [4.78, 5) is 15.8. The number of carboxylic acids is 1. The van der Waals surface area contributed by atoms with Crippen LogP contribution in [0.5, 0.6) is 11.5 Å². The van der Waals surface area contributed by atoms with E-state index in [0.717, 1.165) is 94.7 Å². The van der Waals surface area contributed by atoms with Crippen molar-refractivity contribution in [1.82, 2.24) is 4.57 Å². The number of fused-ring (bicyclic) bond motifs is 3. The van der Waals surface area contributed by atoms with E-state index in [1.54, 1.807) is 22.7 Å². The largest absolute Gasteiger partial charge is 0.494 e. The standard InChI is InChI=1S/C48H55N3O4S2/c1-4-7-10-13-28-50-43-32-42(31-36(34-49)48(52)53)56-46(43)47-44(50)33-45(57-47)35-16-18-37(19-17-35)51(38-20-24-40(25-21-38)54-29-14-11-8-5-2)39-22-26-41(27-23-39)55-30-15-12-9-6-3/h16-27,31-33H,4-15,28-30H2,1-3H3,(H,52,53)/b36-31-. The third kappa shape index (κ3) is 10.7. The Hall–Kier alpha value is -5.04. The summed E-state index contributed by atoms with van der Waals surface area (Å²) in [6.07, 6.45) is 15.5. The third-order valence-electron chi connectivity index (χ3n) is 10.2. The number of carboxylic acid groups (broad SMARTS) is 1. The number of unbranched alkanes of at least 4 members (excludes halogenated alkanes) is 9. The van der Waals surface area contributed by atoms with Crippen LogP contribution in [0.25, 0.3) is 36.9 Å². The van der Waals surface area contributed by atoms with Gasteiger partial charge in [-0.25, -0.2) is 4.79 Å². The molecule has 0 saturated carbocycles. The Morgan fingerprint density at radius 1 is 0.684 bits per heavy atom. The smallest absolute Gasteiger partial charge is 0.346 e. The van der Waals surface area contributed by atoms with Crippen LogP contribution in [-0.2, 0) is 11.3 Å². The van der Waals surface area contributed by atoms with Gasteiger partial charge < -0.3 is 24.0 Å². The fourth-order valence-corrected chi connectivity index (χ4v) is 9.53. The highest BCUT2D eigenvalue weighted by atomic mass is 32.1. The maximum Gasteiger partial charge on any atom is 0.346 e. The summed E-state index contributed by atoms with van der Waals surface area (Å²) in [7, 11) is 0. The van der Waals surface area contributed by atoms with E-state index in [2.05, 4.69) is 109 Å². The minimum Gasteiger partial charge on any atom is -0.494 e. The summed E-state index contributed by atoms with van der Waals surface area (Å²) in [6.45, 7) is 9.01. The zero-order valence-corrected chi connectivity index (χ0v) is 35.2. The van der Waals surface area contributed by atoms with Gasteiger partial charge in [-0.1, -0.05) is 90.7 Å². The molecule has 57 heavy (non-hydrogen) atoms. The fourth-order valence-electron chi connectivity index (χ4n) is 7.12. The van der Waals surface area contributed by atoms with E-state index >= 15 is 0 Å². The lowest BCUT2D eigenvalue weighted by atomic mass is 10.1. The first-order chi connectivity index (χ1) is 27.9. The Morgan fingerprint density at radius 2 is 1.18 bits per heavy atom. The van der Waals surface area contributed by atoms with Crippen LogP contribution in [0.2, 0.25) is 0 Å². The predicted molar refractivity (Wildman–Crippen MR) is 240 cm³/mol. The van der Waals surface area contributed by atoms with Crippen LogP contribution >= 0.6 is 22.7 Å². The van der Waals surface area contributed by atoms with Gasteiger partial charge in [-0.3, -0.25) is 0 Å². The molecule has 3 aromatic heterocycles. The number of aromatic nitrogens is 1. The molecule has 9 heteroatoms. The second-order valence-electron chi connectivity index (χ2n) is 14.6. The molecule has 6 aromatic rings. The summed E-state index contributed by atoms with van der Waals surface area (Å²) in [5.74, 6) is 0.556. The van der Waals surface area contributed by atoms with Gasteiger partial charge in [-0.15, -0.1) is 22.7 Å². The molecule has 6 rings (SSSR count). The van der Waals surface area contributed by atoms with E-state index in [-0.39, 0.29) is 5.57 Å². The lowest BCUT2D eigenvalue weighted by Crippen LogP contribution is -2.10. The van der Waals surface area contributed by atoms with Crippen LogP contribution in [0.3, 0.4) is 0 Å². The number of nitriles is 1. The van der Waals surface area contributed by atoms with Crippen molar-refractivity contribution in [3.63, 3.8) is 0 Å². The molecular formula is C48H55N3O4S2. The molecule has 0 aliphatic rings. The number of hydrogen-bond acceptors (Lipinski definition) is 7. The van der Waals surface area contributed by atoms with E-state index in [4.69, 9.17) is 9.47 Å². The van der Waals surface area contributed by atoms with Crippen molar-refractivity contribution < 1.29 is 19.4 Å². The highest BCUT2D eigenvalue weighted by molar-refractivity contribution is 7.29. The highest BCUT2D eigenvalue weighted by Crippen LogP contribution is 2.45. The van der Waals surface area contributed by atoms with Crippen molar-refractivity contribution in [3.05, 3.63) is 95.4 Å². The second kappa shape index (κ2) is 20.9. The maximum absolute atomic E-state index is 11.6. The van der Waals surface area contributed by atoms with Crippen molar-refractivity contribution in [3.8, 4) is 28.0 Å². The average Bonchev–Trinajstić information content (AvgIpc) is 3.92. The van der Waals surface area contributed by atoms with Crippen LogP contribution < -0.4 is 14.4 Å². The molecule has 0 spiro atoms. The summed E-state index contributed by atoms with van der Waals surface area (Å²) in [5.41, 5.74) is 6.32. The molecule has 0 atom stereocenters. The molecule has 1 N–H and O–H groups in total. The SMILES string of the molecule is CCCCCCOc1ccc(N(c2ccc(OCCCCCC)cc2)c2ccc(-c3cc4c(s3)c3sc(/C=C(/C#N)C(=O)O)cc3n4CCCCCC)cc2)cc1. The van der Waals surface area contributed by atoms with Gasteiger partial charge >= 0.3 is 5.97 Å². The Morgan fingerprint density at radius 3 is 1.68 bits per heavy atom. The third-order valence-corrected chi connectivity index (χ3v) is 12.6. The lowest BCUT2D eigenvalue weighted by molar-refractivity contribution is -0.132. The van der Waals surface area contributed by atoms with E-state index in [0.29, 0.717) is 0 Å². The minimum absolute atomic E-state index is 0.255. The van der Waals surface area contributed by atoms with Crippen LogP contribution in [0.4, 0.5) is 17.1 Å². The molecule has 3 heterocycles. The van der Waals surface area contributed by atoms with Gasteiger partial charge in [0.2, 0.25) is 0 Å². The minimum atomic E-state index is -1.21. The number of aryl methyl sites for hydroxylation is 1. The topological polar surface area (TPSA) is 87.7 Å². The van der Waals surface area contributed by atoms with Gasteiger partial charge in [0, 0.05) is 33.4 Å². The monoisotopic (exact) mass is 801 g/mol. The summed E-state index contributed by atoms with van der Waals surface area (Å²) >= 11 is 3.32. The van der Waals surface area contributed by atoms with Crippen molar-refractivity contribution in [1.29, 1.82) is 5.26 Å². The molecule has 3 aromatic carbocycles. The number of benzene rings is 3. The van der Waals surface area contributed by atoms with Crippen molar-refractivity contribution >= 4 is 72.2 Å². The number of hydrogen-bond donors (Lipinski definition) is 1. The van der Waals surface area contributed by atoms with Gasteiger partial charge in [-0.2, -0.15) is 5.26 Å². The number of ether oxygens (including phenoxy) is 2. The van der Waals surface area contributed by atoms with Gasteiger partial charge in [0.25, 0.3) is 0 Å². The summed E-state index contributed by atoms with van der Waals surface area (Å²) in [6, 6.07) is 31.7. The molecule has 0 saturated heterocycles. The van der Waals surface area contributed by atoms with Gasteiger partial charge in [0.1, 0.15) is 23.1 Å². The first kappa shape index (κ1) is 41.6. The normalized spacial score (nSPS) is 11.6. The fraction of sp³-hybridized carbons (Fsp3) is 0.375. The van der Waals surface area contributed by atoms with E-state index in [1.807, 2.05) is 12.1 Å². The highest BCUT2D eigenvalue weighted by Gasteiger charge is 2.20. The Balaban J connectivity index is 1.29. The molecular weight excluding hydrogens is 747 g/mol. The molecule has 0 fully saturated rings. The Labute approximate surface area is 345 Å². The lowest BCUT2D eigenvalue weighted by Gasteiger charge is -2.26. The molecule has 0 unspecified atom stereocenters.